The lowest BCUT2D eigenvalue weighted by atomic mass is 10.3. The smallest absolute Gasteiger partial charge is 0.126 e. The van der Waals surface area contributed by atoms with Gasteiger partial charge in [-0.05, 0) is 18.6 Å². The molecule has 0 aliphatic rings. The minimum atomic E-state index is -0.300. The summed E-state index contributed by atoms with van der Waals surface area (Å²) < 4.78 is 23.4. The molecule has 1 rings (SSSR count). The minimum absolute atomic E-state index is 0.0779. The third kappa shape index (κ3) is 5.09. The molecule has 0 saturated carbocycles. The zero-order valence-electron chi connectivity index (χ0n) is 9.49. The molecule has 90 valence electrons. The predicted molar refractivity (Wildman–Crippen MR) is 61.0 cm³/mol. The van der Waals surface area contributed by atoms with Gasteiger partial charge < -0.3 is 15.2 Å². The standard InChI is InChI=1S/C12H18FNO2/c1-2-11(14)9-15-6-7-16-12-5-3-4-10(13)8-12/h3-5,8,11H,2,6-7,9,14H2,1H3. The highest BCUT2D eigenvalue weighted by atomic mass is 19.1. The van der Waals surface area contributed by atoms with Gasteiger partial charge in [0, 0.05) is 12.1 Å². The molecule has 0 radical (unpaired) electrons. The molecule has 0 heterocycles. The number of halogens is 1. The van der Waals surface area contributed by atoms with Gasteiger partial charge in [-0.3, -0.25) is 0 Å². The average Bonchev–Trinajstić information content (AvgIpc) is 2.28. The fraction of sp³-hybridized carbons (Fsp3) is 0.500. The van der Waals surface area contributed by atoms with Crippen LogP contribution in [0.4, 0.5) is 4.39 Å². The first-order chi connectivity index (χ1) is 7.72. The Morgan fingerprint density at radius 2 is 2.19 bits per heavy atom. The molecule has 2 N–H and O–H groups in total. The zero-order valence-corrected chi connectivity index (χ0v) is 9.49. The van der Waals surface area contributed by atoms with Crippen LogP contribution < -0.4 is 10.5 Å². The van der Waals surface area contributed by atoms with E-state index in [2.05, 4.69) is 0 Å². The van der Waals surface area contributed by atoms with Crippen LogP contribution in [-0.4, -0.2) is 25.9 Å². The van der Waals surface area contributed by atoms with Gasteiger partial charge in [-0.2, -0.15) is 0 Å². The van der Waals surface area contributed by atoms with Crippen molar-refractivity contribution in [3.05, 3.63) is 30.1 Å². The van der Waals surface area contributed by atoms with Crippen LogP contribution in [-0.2, 0) is 4.74 Å². The molecule has 0 spiro atoms. The van der Waals surface area contributed by atoms with Gasteiger partial charge in [-0.1, -0.05) is 13.0 Å². The second-order valence-corrected chi connectivity index (χ2v) is 3.55. The van der Waals surface area contributed by atoms with Gasteiger partial charge in [0.25, 0.3) is 0 Å². The van der Waals surface area contributed by atoms with Crippen LogP contribution in [0.25, 0.3) is 0 Å². The highest BCUT2D eigenvalue weighted by molar-refractivity contribution is 5.22. The molecule has 4 heteroatoms. The summed E-state index contributed by atoms with van der Waals surface area (Å²) in [5.41, 5.74) is 5.67. The van der Waals surface area contributed by atoms with Gasteiger partial charge in [0.05, 0.1) is 13.2 Å². The van der Waals surface area contributed by atoms with Crippen LogP contribution in [0.1, 0.15) is 13.3 Å². The van der Waals surface area contributed by atoms with Crippen molar-refractivity contribution in [2.45, 2.75) is 19.4 Å². The molecule has 0 aromatic heterocycles. The van der Waals surface area contributed by atoms with Gasteiger partial charge in [0.1, 0.15) is 18.2 Å². The van der Waals surface area contributed by atoms with Crippen molar-refractivity contribution in [2.75, 3.05) is 19.8 Å². The molecular weight excluding hydrogens is 209 g/mol. The largest absolute Gasteiger partial charge is 0.491 e. The van der Waals surface area contributed by atoms with E-state index in [0.29, 0.717) is 25.6 Å². The molecule has 0 bridgehead atoms. The lowest BCUT2D eigenvalue weighted by Crippen LogP contribution is -2.26. The van der Waals surface area contributed by atoms with Crippen molar-refractivity contribution in [3.63, 3.8) is 0 Å². The second kappa shape index (κ2) is 7.19. The monoisotopic (exact) mass is 227 g/mol. The van der Waals surface area contributed by atoms with E-state index in [4.69, 9.17) is 15.2 Å². The Balaban J connectivity index is 2.12. The van der Waals surface area contributed by atoms with Crippen LogP contribution >= 0.6 is 0 Å². The summed E-state index contributed by atoms with van der Waals surface area (Å²) in [7, 11) is 0. The Hall–Kier alpha value is -1.13. The van der Waals surface area contributed by atoms with E-state index in [1.807, 2.05) is 6.92 Å². The molecule has 1 aromatic carbocycles. The van der Waals surface area contributed by atoms with Crippen molar-refractivity contribution in [1.29, 1.82) is 0 Å². The van der Waals surface area contributed by atoms with Gasteiger partial charge >= 0.3 is 0 Å². The maximum absolute atomic E-state index is 12.8. The molecule has 1 aromatic rings. The number of ether oxygens (including phenoxy) is 2. The van der Waals surface area contributed by atoms with E-state index >= 15 is 0 Å². The van der Waals surface area contributed by atoms with Gasteiger partial charge in [-0.25, -0.2) is 4.39 Å². The lowest BCUT2D eigenvalue weighted by Gasteiger charge is -2.10. The van der Waals surface area contributed by atoms with Crippen molar-refractivity contribution >= 4 is 0 Å². The lowest BCUT2D eigenvalue weighted by molar-refractivity contribution is 0.0896. The summed E-state index contributed by atoms with van der Waals surface area (Å²) in [5.74, 6) is 0.217. The molecule has 0 fully saturated rings. The van der Waals surface area contributed by atoms with Crippen molar-refractivity contribution in [3.8, 4) is 5.75 Å². The summed E-state index contributed by atoms with van der Waals surface area (Å²) in [5, 5.41) is 0. The molecule has 1 atom stereocenters. The quantitative estimate of drug-likeness (QED) is 0.724. The van der Waals surface area contributed by atoms with E-state index in [1.165, 1.54) is 12.1 Å². The summed E-state index contributed by atoms with van der Waals surface area (Å²) in [6, 6.07) is 6.12. The van der Waals surface area contributed by atoms with Crippen LogP contribution in [0.15, 0.2) is 24.3 Å². The van der Waals surface area contributed by atoms with E-state index in [1.54, 1.807) is 12.1 Å². The van der Waals surface area contributed by atoms with Crippen molar-refractivity contribution in [2.24, 2.45) is 5.73 Å². The maximum Gasteiger partial charge on any atom is 0.126 e. The summed E-state index contributed by atoms with van der Waals surface area (Å²) >= 11 is 0. The van der Waals surface area contributed by atoms with Crippen LogP contribution in [0.3, 0.4) is 0 Å². The molecule has 0 amide bonds. The molecule has 16 heavy (non-hydrogen) atoms. The molecule has 0 aliphatic carbocycles. The molecule has 1 unspecified atom stereocenters. The fourth-order valence-corrected chi connectivity index (χ4v) is 1.13. The third-order valence-electron chi connectivity index (χ3n) is 2.15. The number of hydrogen-bond acceptors (Lipinski definition) is 3. The summed E-state index contributed by atoms with van der Waals surface area (Å²) in [6.45, 7) is 3.41. The van der Waals surface area contributed by atoms with E-state index in [0.717, 1.165) is 6.42 Å². The maximum atomic E-state index is 12.8. The van der Waals surface area contributed by atoms with Gasteiger partial charge in [0.15, 0.2) is 0 Å². The Morgan fingerprint density at radius 1 is 1.38 bits per heavy atom. The Morgan fingerprint density at radius 3 is 2.88 bits per heavy atom. The normalized spacial score (nSPS) is 12.4. The first-order valence-corrected chi connectivity index (χ1v) is 5.44. The Labute approximate surface area is 95.4 Å². The molecule has 3 nitrogen and oxygen atoms in total. The fourth-order valence-electron chi connectivity index (χ4n) is 1.13. The average molecular weight is 227 g/mol. The third-order valence-corrected chi connectivity index (χ3v) is 2.15. The Bertz CT molecular complexity index is 307. The van der Waals surface area contributed by atoms with Crippen molar-refractivity contribution in [1.82, 2.24) is 0 Å². The van der Waals surface area contributed by atoms with E-state index in [-0.39, 0.29) is 11.9 Å². The highest BCUT2D eigenvalue weighted by Crippen LogP contribution is 2.11. The van der Waals surface area contributed by atoms with Crippen LogP contribution in [0.2, 0.25) is 0 Å². The topological polar surface area (TPSA) is 44.5 Å². The SMILES string of the molecule is CCC(N)COCCOc1cccc(F)c1. The highest BCUT2D eigenvalue weighted by Gasteiger charge is 1.99. The predicted octanol–water partition coefficient (Wildman–Crippen LogP) is 1.96. The summed E-state index contributed by atoms with van der Waals surface area (Å²) in [4.78, 5) is 0. The first-order valence-electron chi connectivity index (χ1n) is 5.44. The van der Waals surface area contributed by atoms with Crippen molar-refractivity contribution < 1.29 is 13.9 Å². The Kier molecular flexibility index (Phi) is 5.82. The number of hydrogen-bond donors (Lipinski definition) is 1. The number of benzene rings is 1. The van der Waals surface area contributed by atoms with Crippen LogP contribution in [0.5, 0.6) is 5.75 Å². The molecular formula is C12H18FNO2. The number of rotatable bonds is 7. The number of nitrogens with two attached hydrogens (primary N) is 1. The summed E-state index contributed by atoms with van der Waals surface area (Å²) in [6.07, 6.45) is 0.894. The van der Waals surface area contributed by atoms with E-state index in [9.17, 15) is 4.39 Å². The van der Waals surface area contributed by atoms with Gasteiger partial charge in [0.2, 0.25) is 0 Å². The molecule has 0 aliphatic heterocycles. The van der Waals surface area contributed by atoms with E-state index < -0.39 is 0 Å². The minimum Gasteiger partial charge on any atom is -0.491 e. The van der Waals surface area contributed by atoms with Crippen LogP contribution in [0, 0.1) is 5.82 Å². The molecule has 0 saturated heterocycles. The zero-order chi connectivity index (χ0) is 11.8. The second-order valence-electron chi connectivity index (χ2n) is 3.55. The first kappa shape index (κ1) is 12.9. The van der Waals surface area contributed by atoms with Gasteiger partial charge in [-0.15, -0.1) is 0 Å².